The minimum Gasteiger partial charge on any atom is -0.184 e. The molecule has 0 saturated heterocycles. The summed E-state index contributed by atoms with van der Waals surface area (Å²) in [5, 5.41) is 0. The molecule has 2 fully saturated rings. The van der Waals surface area contributed by atoms with Crippen LogP contribution in [0.2, 0.25) is 0 Å². The van der Waals surface area contributed by atoms with E-state index in [9.17, 15) is 0 Å². The molecule has 2 saturated carbocycles. The van der Waals surface area contributed by atoms with Crippen molar-refractivity contribution in [1.29, 1.82) is 0 Å². The van der Waals surface area contributed by atoms with E-state index in [1.165, 1.54) is 69.8 Å². The first-order valence-corrected chi connectivity index (χ1v) is 9.26. The number of rotatable bonds is 4. The SMILES string of the molecule is CC1CCC(C2CCC(CCc3cc[c-]cc3)CC2)CC1.[Y].[Y]. The Morgan fingerprint density at radius 1 is 0.826 bits per heavy atom. The molecule has 1 aromatic carbocycles. The molecule has 3 rings (SSSR count). The zero-order chi connectivity index (χ0) is 14.5. The molecular weight excluding hydrogens is 430 g/mol. The molecule has 0 atom stereocenters. The summed E-state index contributed by atoms with van der Waals surface area (Å²) in [6, 6.07) is 11.7. The summed E-state index contributed by atoms with van der Waals surface area (Å²) in [5.74, 6) is 4.14. The third kappa shape index (κ3) is 7.28. The Balaban J connectivity index is 0.00000132. The van der Waals surface area contributed by atoms with Crippen LogP contribution in [0.5, 0.6) is 0 Å². The van der Waals surface area contributed by atoms with Crippen molar-refractivity contribution in [3.63, 3.8) is 0 Å². The third-order valence-corrected chi connectivity index (χ3v) is 6.25. The van der Waals surface area contributed by atoms with E-state index in [4.69, 9.17) is 0 Å². The quantitative estimate of drug-likeness (QED) is 0.480. The van der Waals surface area contributed by atoms with Gasteiger partial charge in [-0.15, -0.1) is 0 Å². The summed E-state index contributed by atoms with van der Waals surface area (Å²) in [7, 11) is 0. The topological polar surface area (TPSA) is 0 Å². The van der Waals surface area contributed by atoms with Crippen molar-refractivity contribution in [2.45, 2.75) is 71.1 Å². The fourth-order valence-electron chi connectivity index (χ4n) is 4.66. The molecular formula is C21H31Y2-. The molecule has 2 aliphatic rings. The van der Waals surface area contributed by atoms with E-state index in [-0.39, 0.29) is 65.4 Å². The van der Waals surface area contributed by atoms with Crippen LogP contribution in [0.1, 0.15) is 70.3 Å². The summed E-state index contributed by atoms with van der Waals surface area (Å²) in [6.45, 7) is 2.44. The first kappa shape index (κ1) is 22.5. The van der Waals surface area contributed by atoms with Crippen molar-refractivity contribution in [1.82, 2.24) is 0 Å². The predicted octanol–water partition coefficient (Wildman–Crippen LogP) is 6.05. The minimum atomic E-state index is 0. The van der Waals surface area contributed by atoms with E-state index in [2.05, 4.69) is 37.3 Å². The summed E-state index contributed by atoms with van der Waals surface area (Å²) < 4.78 is 0. The Bertz CT molecular complexity index is 401. The first-order valence-electron chi connectivity index (χ1n) is 9.26. The second-order valence-electron chi connectivity index (χ2n) is 7.75. The molecule has 23 heavy (non-hydrogen) atoms. The van der Waals surface area contributed by atoms with Crippen molar-refractivity contribution in [3.8, 4) is 0 Å². The van der Waals surface area contributed by atoms with E-state index in [0.29, 0.717) is 0 Å². The Kier molecular flexibility index (Phi) is 11.7. The number of hydrogen-bond donors (Lipinski definition) is 0. The Morgan fingerprint density at radius 3 is 1.91 bits per heavy atom. The van der Waals surface area contributed by atoms with E-state index < -0.39 is 0 Å². The monoisotopic (exact) mass is 461 g/mol. The zero-order valence-electron chi connectivity index (χ0n) is 14.8. The van der Waals surface area contributed by atoms with Gasteiger partial charge in [-0.25, -0.2) is 0 Å². The molecule has 0 aromatic heterocycles. The van der Waals surface area contributed by atoms with Gasteiger partial charge in [0.2, 0.25) is 0 Å². The van der Waals surface area contributed by atoms with Crippen LogP contribution >= 0.6 is 0 Å². The fraction of sp³-hybridized carbons (Fsp3) is 0.714. The molecule has 0 nitrogen and oxygen atoms in total. The molecule has 2 heteroatoms. The standard InChI is InChI=1S/C21H31.2Y/c1-17-7-13-20(14-8-17)21-15-11-19(12-16-21)10-9-18-5-3-2-4-6-18;;/h3-6,17,19-21H,7-16H2,1H3;;/q-1;;. The molecule has 0 N–H and O–H groups in total. The second kappa shape index (κ2) is 11.9. The molecule has 0 spiro atoms. The maximum Gasteiger partial charge on any atom is 0 e. The van der Waals surface area contributed by atoms with Crippen molar-refractivity contribution >= 4 is 0 Å². The summed E-state index contributed by atoms with van der Waals surface area (Å²) in [5.41, 5.74) is 1.50. The Morgan fingerprint density at radius 2 is 1.35 bits per heavy atom. The van der Waals surface area contributed by atoms with Crippen molar-refractivity contribution < 1.29 is 65.4 Å². The van der Waals surface area contributed by atoms with E-state index in [0.717, 1.165) is 23.7 Å². The minimum absolute atomic E-state index is 0. The second-order valence-corrected chi connectivity index (χ2v) is 7.75. The van der Waals surface area contributed by atoms with E-state index >= 15 is 0 Å². The van der Waals surface area contributed by atoms with Crippen LogP contribution in [0, 0.1) is 29.7 Å². The third-order valence-electron chi connectivity index (χ3n) is 6.25. The smallest absolute Gasteiger partial charge is 0 e. The van der Waals surface area contributed by atoms with Crippen LogP contribution in [0.25, 0.3) is 0 Å². The van der Waals surface area contributed by atoms with Crippen LogP contribution in [0.3, 0.4) is 0 Å². The average molecular weight is 461 g/mol. The molecule has 0 aliphatic heterocycles. The van der Waals surface area contributed by atoms with Gasteiger partial charge in [-0.1, -0.05) is 39.0 Å². The summed E-state index contributed by atoms with van der Waals surface area (Å²) in [6.07, 6.45) is 14.7. The summed E-state index contributed by atoms with van der Waals surface area (Å²) >= 11 is 0. The molecule has 0 heterocycles. The Hall–Kier alpha value is 1.43. The van der Waals surface area contributed by atoms with Crippen LogP contribution in [0.15, 0.2) is 24.3 Å². The van der Waals surface area contributed by atoms with Crippen molar-refractivity contribution in [3.05, 3.63) is 35.9 Å². The van der Waals surface area contributed by atoms with Gasteiger partial charge < -0.3 is 0 Å². The number of benzene rings is 1. The van der Waals surface area contributed by atoms with E-state index in [1.807, 2.05) is 0 Å². The van der Waals surface area contributed by atoms with Gasteiger partial charge in [0, 0.05) is 65.4 Å². The van der Waals surface area contributed by atoms with Gasteiger partial charge in [0.15, 0.2) is 0 Å². The van der Waals surface area contributed by atoms with Crippen molar-refractivity contribution in [2.24, 2.45) is 23.7 Å². The molecule has 0 bridgehead atoms. The van der Waals surface area contributed by atoms with Crippen LogP contribution < -0.4 is 0 Å². The summed E-state index contributed by atoms with van der Waals surface area (Å²) in [4.78, 5) is 0. The molecule has 0 unspecified atom stereocenters. The van der Waals surface area contributed by atoms with Gasteiger partial charge in [0.05, 0.1) is 0 Å². The van der Waals surface area contributed by atoms with Gasteiger partial charge in [0.1, 0.15) is 0 Å². The number of hydrogen-bond acceptors (Lipinski definition) is 0. The normalized spacial score (nSPS) is 30.8. The molecule has 0 amide bonds. The van der Waals surface area contributed by atoms with Gasteiger partial charge >= 0.3 is 0 Å². The van der Waals surface area contributed by atoms with Crippen LogP contribution in [0.4, 0.5) is 0 Å². The van der Waals surface area contributed by atoms with Crippen LogP contribution in [-0.4, -0.2) is 0 Å². The maximum absolute atomic E-state index is 3.12. The van der Waals surface area contributed by atoms with Crippen LogP contribution in [-0.2, 0) is 71.8 Å². The van der Waals surface area contributed by atoms with Gasteiger partial charge in [-0.2, -0.15) is 35.9 Å². The Labute approximate surface area is 194 Å². The fourth-order valence-corrected chi connectivity index (χ4v) is 4.66. The predicted molar refractivity (Wildman–Crippen MR) is 90.2 cm³/mol. The van der Waals surface area contributed by atoms with E-state index in [1.54, 1.807) is 0 Å². The first-order chi connectivity index (χ1) is 10.3. The molecule has 2 radical (unpaired) electrons. The van der Waals surface area contributed by atoms with Gasteiger partial charge in [-0.05, 0) is 55.8 Å². The average Bonchev–Trinajstić information content (AvgIpc) is 2.55. The largest absolute Gasteiger partial charge is 0.184 e. The molecule has 122 valence electrons. The van der Waals surface area contributed by atoms with Gasteiger partial charge in [0.25, 0.3) is 0 Å². The van der Waals surface area contributed by atoms with Gasteiger partial charge in [-0.3, -0.25) is 0 Å². The maximum atomic E-state index is 3.12. The zero-order valence-corrected chi connectivity index (χ0v) is 20.5. The molecule has 2 aliphatic carbocycles. The molecule has 1 aromatic rings. The number of aryl methyl sites for hydroxylation is 1. The van der Waals surface area contributed by atoms with Crippen molar-refractivity contribution in [2.75, 3.05) is 0 Å².